The zero-order valence-electron chi connectivity index (χ0n) is 15.3. The fraction of sp³-hybridized carbons (Fsp3) is 0.471. The van der Waals surface area contributed by atoms with Crippen LogP contribution in [0.3, 0.4) is 0 Å². The van der Waals surface area contributed by atoms with Crippen LogP contribution < -0.4 is 20.5 Å². The van der Waals surface area contributed by atoms with Gasteiger partial charge in [0.1, 0.15) is 0 Å². The molecule has 1 heterocycles. The summed E-state index contributed by atoms with van der Waals surface area (Å²) in [5.74, 6) is 1.47. The van der Waals surface area contributed by atoms with Crippen LogP contribution >= 0.6 is 11.6 Å². The Morgan fingerprint density at radius 3 is 2.69 bits per heavy atom. The molecule has 0 saturated carbocycles. The summed E-state index contributed by atoms with van der Waals surface area (Å²) < 4.78 is 15.7. The Balaban J connectivity index is 2.08. The van der Waals surface area contributed by atoms with Crippen LogP contribution in [0.15, 0.2) is 16.7 Å². The van der Waals surface area contributed by atoms with E-state index >= 15 is 0 Å². The first-order valence-electron chi connectivity index (χ1n) is 8.05. The molecule has 3 N–H and O–H groups in total. The van der Waals surface area contributed by atoms with Crippen molar-refractivity contribution < 1.29 is 18.8 Å². The van der Waals surface area contributed by atoms with E-state index in [0.29, 0.717) is 46.8 Å². The number of carbonyl (C=O) groups excluding carboxylic acids is 1. The highest BCUT2D eigenvalue weighted by atomic mass is 35.5. The number of rotatable bonds is 8. The molecule has 142 valence electrons. The lowest BCUT2D eigenvalue weighted by atomic mass is 10.1. The molecule has 0 saturated heterocycles. The van der Waals surface area contributed by atoms with Gasteiger partial charge in [0.05, 0.1) is 19.2 Å². The Bertz CT molecular complexity index is 776. The lowest BCUT2D eigenvalue weighted by Crippen LogP contribution is -2.48. The predicted octanol–water partition coefficient (Wildman–Crippen LogP) is 2.19. The van der Waals surface area contributed by atoms with Gasteiger partial charge in [-0.25, -0.2) is 0 Å². The van der Waals surface area contributed by atoms with E-state index in [4.69, 9.17) is 31.3 Å². The van der Waals surface area contributed by atoms with E-state index in [2.05, 4.69) is 15.5 Å². The van der Waals surface area contributed by atoms with Crippen LogP contribution in [0.4, 0.5) is 0 Å². The Kier molecular flexibility index (Phi) is 6.44. The first-order valence-corrected chi connectivity index (χ1v) is 8.43. The number of halogens is 1. The topological polar surface area (TPSA) is 112 Å². The molecular formula is C17H23ClN4O4. The Labute approximate surface area is 157 Å². The summed E-state index contributed by atoms with van der Waals surface area (Å²) in [4.78, 5) is 16.3. The number of aromatic nitrogens is 2. The van der Waals surface area contributed by atoms with Crippen molar-refractivity contribution >= 4 is 17.5 Å². The smallest absolute Gasteiger partial charge is 0.227 e. The number of ether oxygens (including phenoxy) is 2. The van der Waals surface area contributed by atoms with Gasteiger partial charge in [0.25, 0.3) is 0 Å². The first kappa shape index (κ1) is 20.0. The number of nitrogens with one attached hydrogen (secondary N) is 1. The third-order valence-corrected chi connectivity index (χ3v) is 3.99. The molecule has 0 radical (unpaired) electrons. The van der Waals surface area contributed by atoms with Crippen molar-refractivity contribution in [2.45, 2.75) is 32.2 Å². The highest BCUT2D eigenvalue weighted by Crippen LogP contribution is 2.38. The third kappa shape index (κ3) is 4.86. The number of nitrogens with two attached hydrogens (primary N) is 1. The number of nitrogens with zero attached hydrogens (tertiary/aromatic N) is 2. The summed E-state index contributed by atoms with van der Waals surface area (Å²) in [6.07, 6.45) is 0.540. The average Bonchev–Trinajstić information content (AvgIpc) is 3.08. The molecule has 9 heteroatoms. The van der Waals surface area contributed by atoms with E-state index in [-0.39, 0.29) is 12.3 Å². The van der Waals surface area contributed by atoms with Gasteiger partial charge in [0.2, 0.25) is 17.6 Å². The molecule has 2 aromatic rings. The number of hydrogen-bond acceptors (Lipinski definition) is 7. The molecule has 1 amide bonds. The van der Waals surface area contributed by atoms with Crippen LogP contribution in [0.5, 0.6) is 11.5 Å². The molecule has 8 nitrogen and oxygen atoms in total. The molecule has 0 spiro atoms. The highest BCUT2D eigenvalue weighted by molar-refractivity contribution is 6.32. The second-order valence-electron chi connectivity index (χ2n) is 6.34. The van der Waals surface area contributed by atoms with Gasteiger partial charge in [-0.2, -0.15) is 4.98 Å². The van der Waals surface area contributed by atoms with Gasteiger partial charge in [0, 0.05) is 30.5 Å². The molecule has 0 atom stereocenters. The zero-order valence-corrected chi connectivity index (χ0v) is 16.0. The van der Waals surface area contributed by atoms with Crippen LogP contribution in [-0.2, 0) is 11.2 Å². The van der Waals surface area contributed by atoms with Crippen LogP contribution in [0.25, 0.3) is 11.4 Å². The Morgan fingerprint density at radius 2 is 2.08 bits per heavy atom. The zero-order chi connectivity index (χ0) is 19.3. The van der Waals surface area contributed by atoms with E-state index in [1.165, 1.54) is 14.2 Å². The van der Waals surface area contributed by atoms with Gasteiger partial charge in [-0.15, -0.1) is 0 Å². The average molecular weight is 383 g/mol. The van der Waals surface area contributed by atoms with Gasteiger partial charge in [-0.1, -0.05) is 16.8 Å². The van der Waals surface area contributed by atoms with Crippen LogP contribution in [-0.4, -0.2) is 42.4 Å². The van der Waals surface area contributed by atoms with Gasteiger partial charge in [0.15, 0.2) is 11.5 Å². The highest BCUT2D eigenvalue weighted by Gasteiger charge is 2.19. The van der Waals surface area contributed by atoms with E-state index in [1.807, 2.05) is 13.8 Å². The number of amides is 1. The molecule has 2 rings (SSSR count). The summed E-state index contributed by atoms with van der Waals surface area (Å²) in [7, 11) is 3.02. The summed E-state index contributed by atoms with van der Waals surface area (Å²) >= 11 is 6.19. The molecule has 0 bridgehead atoms. The van der Waals surface area contributed by atoms with Crippen molar-refractivity contribution in [1.82, 2.24) is 15.5 Å². The lowest BCUT2D eigenvalue weighted by Gasteiger charge is -2.23. The fourth-order valence-corrected chi connectivity index (χ4v) is 2.52. The summed E-state index contributed by atoms with van der Waals surface area (Å²) in [6.45, 7) is 4.07. The minimum atomic E-state index is -0.451. The maximum atomic E-state index is 12.0. The van der Waals surface area contributed by atoms with Crippen LogP contribution in [0, 0.1) is 0 Å². The quantitative estimate of drug-likeness (QED) is 0.719. The number of methoxy groups -OCH3 is 2. The fourth-order valence-electron chi connectivity index (χ4n) is 2.23. The standard InChI is InChI=1S/C17H23ClN4O4/c1-17(2,9-19)21-13(23)5-6-14-20-16(22-26-14)10-7-11(18)15(25-4)12(8-10)24-3/h7-8H,5-6,9,19H2,1-4H3,(H,21,23). The molecule has 0 aliphatic rings. The minimum absolute atomic E-state index is 0.130. The maximum Gasteiger partial charge on any atom is 0.227 e. The third-order valence-electron chi connectivity index (χ3n) is 3.71. The van der Waals surface area contributed by atoms with Crippen molar-refractivity contribution in [3.05, 3.63) is 23.0 Å². The second kappa shape index (κ2) is 8.37. The summed E-state index contributed by atoms with van der Waals surface area (Å²) in [5, 5.41) is 7.15. The molecule has 0 aliphatic carbocycles. The van der Waals surface area contributed by atoms with E-state index in [9.17, 15) is 4.79 Å². The van der Waals surface area contributed by atoms with Gasteiger partial charge < -0.3 is 25.0 Å². The molecule has 0 aliphatic heterocycles. The van der Waals surface area contributed by atoms with Crippen LogP contribution in [0.1, 0.15) is 26.2 Å². The predicted molar refractivity (Wildman–Crippen MR) is 97.4 cm³/mol. The van der Waals surface area contributed by atoms with Crippen molar-refractivity contribution in [3.63, 3.8) is 0 Å². The van der Waals surface area contributed by atoms with E-state index in [0.717, 1.165) is 0 Å². The summed E-state index contributed by atoms with van der Waals surface area (Å²) in [5.41, 5.74) is 5.77. The van der Waals surface area contributed by atoms with Gasteiger partial charge >= 0.3 is 0 Å². The summed E-state index contributed by atoms with van der Waals surface area (Å²) in [6, 6.07) is 3.36. The number of carbonyl (C=O) groups is 1. The number of benzene rings is 1. The molecule has 1 aromatic carbocycles. The minimum Gasteiger partial charge on any atom is -0.493 e. The van der Waals surface area contributed by atoms with Crippen molar-refractivity contribution in [1.29, 1.82) is 0 Å². The van der Waals surface area contributed by atoms with Gasteiger partial charge in [-0.3, -0.25) is 4.79 Å². The molecular weight excluding hydrogens is 360 g/mol. The normalized spacial score (nSPS) is 11.3. The SMILES string of the molecule is COc1cc(-c2noc(CCC(=O)NC(C)(C)CN)n2)cc(Cl)c1OC. The molecule has 0 unspecified atom stereocenters. The van der Waals surface area contributed by atoms with Gasteiger partial charge in [-0.05, 0) is 26.0 Å². The Morgan fingerprint density at radius 1 is 1.35 bits per heavy atom. The molecule has 1 aromatic heterocycles. The number of hydrogen-bond donors (Lipinski definition) is 2. The Hall–Kier alpha value is -2.32. The van der Waals surface area contributed by atoms with Crippen molar-refractivity contribution in [3.8, 4) is 22.9 Å². The monoisotopic (exact) mass is 382 g/mol. The lowest BCUT2D eigenvalue weighted by molar-refractivity contribution is -0.122. The molecule has 0 fully saturated rings. The van der Waals surface area contributed by atoms with E-state index < -0.39 is 5.54 Å². The largest absolute Gasteiger partial charge is 0.493 e. The van der Waals surface area contributed by atoms with Crippen molar-refractivity contribution in [2.24, 2.45) is 5.73 Å². The van der Waals surface area contributed by atoms with Crippen molar-refractivity contribution in [2.75, 3.05) is 20.8 Å². The molecule has 26 heavy (non-hydrogen) atoms. The second-order valence-corrected chi connectivity index (χ2v) is 6.75. The van der Waals surface area contributed by atoms with Crippen LogP contribution in [0.2, 0.25) is 5.02 Å². The number of aryl methyl sites for hydroxylation is 1. The van der Waals surface area contributed by atoms with E-state index in [1.54, 1.807) is 12.1 Å². The first-order chi connectivity index (χ1) is 12.3. The maximum absolute atomic E-state index is 12.0.